The number of hydrogen-bond donors (Lipinski definition) is 1. The number of nitrogens with one attached hydrogen (secondary N) is 1. The van der Waals surface area contributed by atoms with Crippen molar-refractivity contribution < 1.29 is 9.53 Å². The molecule has 0 aromatic heterocycles. The van der Waals surface area contributed by atoms with Crippen LogP contribution in [-0.4, -0.2) is 24.7 Å². The summed E-state index contributed by atoms with van der Waals surface area (Å²) in [6, 6.07) is 20.0. The second-order valence-corrected chi connectivity index (χ2v) is 7.25. The summed E-state index contributed by atoms with van der Waals surface area (Å²) in [5.41, 5.74) is 1.02. The first-order chi connectivity index (χ1) is 11.7. The molecule has 1 aliphatic rings. The highest BCUT2D eigenvalue weighted by Gasteiger charge is 2.28. The largest absolute Gasteiger partial charge is 0.376 e. The molecule has 1 saturated heterocycles. The molecule has 0 saturated carbocycles. The van der Waals surface area contributed by atoms with Crippen molar-refractivity contribution in [1.29, 1.82) is 0 Å². The Morgan fingerprint density at radius 1 is 1.12 bits per heavy atom. The maximum atomic E-state index is 12.9. The molecule has 1 aliphatic heterocycles. The highest BCUT2D eigenvalue weighted by molar-refractivity contribution is 8.00. The topological polar surface area (TPSA) is 38.3 Å². The normalized spacial score (nSPS) is 19.6. The van der Waals surface area contributed by atoms with Gasteiger partial charge in [-0.1, -0.05) is 48.5 Å². The van der Waals surface area contributed by atoms with E-state index in [1.165, 1.54) is 0 Å². The third kappa shape index (κ3) is 4.40. The van der Waals surface area contributed by atoms with E-state index >= 15 is 0 Å². The highest BCUT2D eigenvalue weighted by Crippen LogP contribution is 2.35. The summed E-state index contributed by atoms with van der Waals surface area (Å²) in [5, 5.41) is 2.89. The molecule has 0 radical (unpaired) electrons. The van der Waals surface area contributed by atoms with Crippen molar-refractivity contribution in [2.75, 3.05) is 6.61 Å². The minimum atomic E-state index is -0.266. The predicted molar refractivity (Wildman–Crippen MR) is 98.1 cm³/mol. The average molecular weight is 341 g/mol. The lowest BCUT2D eigenvalue weighted by Crippen LogP contribution is -2.42. The van der Waals surface area contributed by atoms with Gasteiger partial charge in [0.1, 0.15) is 5.25 Å². The molecule has 2 aromatic carbocycles. The second kappa shape index (κ2) is 8.36. The van der Waals surface area contributed by atoms with Gasteiger partial charge in [0.2, 0.25) is 5.91 Å². The molecular weight excluding hydrogens is 318 g/mol. The van der Waals surface area contributed by atoms with Gasteiger partial charge in [-0.2, -0.15) is 0 Å². The zero-order valence-electron chi connectivity index (χ0n) is 13.9. The quantitative estimate of drug-likeness (QED) is 0.800. The molecule has 1 heterocycles. The van der Waals surface area contributed by atoms with Crippen LogP contribution < -0.4 is 5.32 Å². The molecular formula is C20H23NO2S. The number of hydrogen-bond acceptors (Lipinski definition) is 3. The standard InChI is InChI=1S/C20H23NO2S/c1-15(18-13-8-14-23-18)21-20(22)19(16-9-4-2-5-10-16)24-17-11-6-3-7-12-17/h2-7,9-12,15,18-19H,8,13-14H2,1H3,(H,21,22). The third-order valence-corrected chi connectivity index (χ3v) is 5.50. The van der Waals surface area contributed by atoms with Crippen molar-refractivity contribution in [2.24, 2.45) is 0 Å². The molecule has 3 unspecified atom stereocenters. The van der Waals surface area contributed by atoms with Crippen molar-refractivity contribution in [2.45, 2.75) is 42.1 Å². The first kappa shape index (κ1) is 17.1. The lowest BCUT2D eigenvalue weighted by Gasteiger charge is -2.23. The van der Waals surface area contributed by atoms with Gasteiger partial charge in [-0.05, 0) is 37.5 Å². The first-order valence-corrected chi connectivity index (χ1v) is 9.30. The summed E-state index contributed by atoms with van der Waals surface area (Å²) in [6.07, 6.45) is 2.22. The van der Waals surface area contributed by atoms with Crippen molar-refractivity contribution in [3.05, 3.63) is 66.2 Å². The Labute approximate surface area is 147 Å². The van der Waals surface area contributed by atoms with Gasteiger partial charge in [-0.3, -0.25) is 4.79 Å². The second-order valence-electron chi connectivity index (χ2n) is 6.07. The first-order valence-electron chi connectivity index (χ1n) is 8.42. The summed E-state index contributed by atoms with van der Waals surface area (Å²) in [4.78, 5) is 14.0. The van der Waals surface area contributed by atoms with E-state index in [0.717, 1.165) is 29.9 Å². The SMILES string of the molecule is CC(NC(=O)C(Sc1ccccc1)c1ccccc1)C1CCCO1. The van der Waals surface area contributed by atoms with Gasteiger partial charge >= 0.3 is 0 Å². The summed E-state index contributed by atoms with van der Waals surface area (Å²) in [6.45, 7) is 2.83. The van der Waals surface area contributed by atoms with Gasteiger partial charge in [0.15, 0.2) is 0 Å². The Balaban J connectivity index is 1.74. The minimum absolute atomic E-state index is 0.0302. The minimum Gasteiger partial charge on any atom is -0.376 e. The van der Waals surface area contributed by atoms with Crippen LogP contribution in [0.25, 0.3) is 0 Å². The number of benzene rings is 2. The van der Waals surface area contributed by atoms with Crippen LogP contribution in [-0.2, 0) is 9.53 Å². The molecule has 1 amide bonds. The Bertz CT molecular complexity index is 641. The van der Waals surface area contributed by atoms with Gasteiger partial charge in [-0.15, -0.1) is 11.8 Å². The van der Waals surface area contributed by atoms with Crippen LogP contribution in [0.5, 0.6) is 0 Å². The van der Waals surface area contributed by atoms with E-state index < -0.39 is 0 Å². The van der Waals surface area contributed by atoms with Crippen LogP contribution in [0.15, 0.2) is 65.6 Å². The Hall–Kier alpha value is -1.78. The Morgan fingerprint density at radius 2 is 1.79 bits per heavy atom. The number of amides is 1. The smallest absolute Gasteiger partial charge is 0.238 e. The maximum Gasteiger partial charge on any atom is 0.238 e. The van der Waals surface area contributed by atoms with Crippen LogP contribution in [0.1, 0.15) is 30.6 Å². The van der Waals surface area contributed by atoms with Gasteiger partial charge in [0, 0.05) is 11.5 Å². The molecule has 0 aliphatic carbocycles. The van der Waals surface area contributed by atoms with Crippen molar-refractivity contribution in [1.82, 2.24) is 5.32 Å². The van der Waals surface area contributed by atoms with Gasteiger partial charge in [0.25, 0.3) is 0 Å². The zero-order valence-corrected chi connectivity index (χ0v) is 14.7. The van der Waals surface area contributed by atoms with Gasteiger partial charge in [-0.25, -0.2) is 0 Å². The van der Waals surface area contributed by atoms with E-state index in [4.69, 9.17) is 4.74 Å². The van der Waals surface area contributed by atoms with E-state index in [0.29, 0.717) is 0 Å². The van der Waals surface area contributed by atoms with Crippen LogP contribution in [0.3, 0.4) is 0 Å². The molecule has 0 spiro atoms. The van der Waals surface area contributed by atoms with E-state index in [1.807, 2.05) is 67.6 Å². The average Bonchev–Trinajstić information content (AvgIpc) is 3.16. The molecule has 1 N–H and O–H groups in total. The lowest BCUT2D eigenvalue weighted by atomic mass is 10.1. The number of ether oxygens (including phenoxy) is 1. The fraction of sp³-hybridized carbons (Fsp3) is 0.350. The van der Waals surface area contributed by atoms with Crippen molar-refractivity contribution in [3.8, 4) is 0 Å². The summed E-state index contributed by atoms with van der Waals surface area (Å²) in [5.74, 6) is 0.0399. The fourth-order valence-corrected chi connectivity index (χ4v) is 3.98. The van der Waals surface area contributed by atoms with Crippen LogP contribution in [0.4, 0.5) is 0 Å². The predicted octanol–water partition coefficient (Wildman–Crippen LogP) is 4.20. The Kier molecular flexibility index (Phi) is 5.94. The summed E-state index contributed by atoms with van der Waals surface area (Å²) >= 11 is 1.58. The van der Waals surface area contributed by atoms with E-state index in [2.05, 4.69) is 5.32 Å². The molecule has 1 fully saturated rings. The molecule has 0 bridgehead atoms. The third-order valence-electron chi connectivity index (χ3n) is 4.23. The number of thioether (sulfide) groups is 1. The number of carbonyl (C=O) groups excluding carboxylic acids is 1. The van der Waals surface area contributed by atoms with Crippen molar-refractivity contribution >= 4 is 17.7 Å². The van der Waals surface area contributed by atoms with Crippen LogP contribution in [0.2, 0.25) is 0 Å². The molecule has 4 heteroatoms. The van der Waals surface area contributed by atoms with Gasteiger partial charge < -0.3 is 10.1 Å². The van der Waals surface area contributed by atoms with Gasteiger partial charge in [0.05, 0.1) is 12.1 Å². The van der Waals surface area contributed by atoms with E-state index in [1.54, 1.807) is 11.8 Å². The zero-order chi connectivity index (χ0) is 16.8. The van der Waals surface area contributed by atoms with E-state index in [-0.39, 0.29) is 23.3 Å². The lowest BCUT2D eigenvalue weighted by molar-refractivity contribution is -0.122. The Morgan fingerprint density at radius 3 is 2.42 bits per heavy atom. The maximum absolute atomic E-state index is 12.9. The molecule has 2 aromatic rings. The molecule has 3 nitrogen and oxygen atoms in total. The van der Waals surface area contributed by atoms with Crippen LogP contribution in [0, 0.1) is 0 Å². The summed E-state index contributed by atoms with van der Waals surface area (Å²) < 4.78 is 5.70. The molecule has 3 atom stereocenters. The monoisotopic (exact) mass is 341 g/mol. The summed E-state index contributed by atoms with van der Waals surface area (Å²) in [7, 11) is 0. The number of rotatable bonds is 6. The van der Waals surface area contributed by atoms with E-state index in [9.17, 15) is 4.79 Å². The molecule has 126 valence electrons. The molecule has 24 heavy (non-hydrogen) atoms. The van der Waals surface area contributed by atoms with Crippen molar-refractivity contribution in [3.63, 3.8) is 0 Å². The highest BCUT2D eigenvalue weighted by atomic mass is 32.2. The van der Waals surface area contributed by atoms with Crippen LogP contribution >= 0.6 is 11.8 Å². The fourth-order valence-electron chi connectivity index (χ4n) is 2.93. The molecule has 3 rings (SSSR count). The number of carbonyl (C=O) groups is 1.